The molecule has 0 spiro atoms. The summed E-state index contributed by atoms with van der Waals surface area (Å²) in [5.74, 6) is 0.0380. The molecule has 0 saturated heterocycles. The lowest BCUT2D eigenvalue weighted by molar-refractivity contribution is -0.142. The number of nitrogens with zero attached hydrogens (tertiary/aromatic N) is 1. The summed E-state index contributed by atoms with van der Waals surface area (Å²) in [6.07, 6.45) is 2.11. The van der Waals surface area contributed by atoms with E-state index in [-0.39, 0.29) is 19.1 Å². The summed E-state index contributed by atoms with van der Waals surface area (Å²) in [7, 11) is 0. The number of aliphatic carboxylic acids is 1. The number of unbranched alkanes of at least 4 members (excludes halogenated alkanes) is 1. The Bertz CT molecular complexity index is 805. The Morgan fingerprint density at radius 1 is 1.35 bits per heavy atom. The fourth-order valence-electron chi connectivity index (χ4n) is 2.63. The zero-order valence-corrected chi connectivity index (χ0v) is 15.2. The minimum Gasteiger partial charge on any atom is -0.480 e. The molecule has 0 aliphatic carbocycles. The first kappa shape index (κ1) is 18.2. The van der Waals surface area contributed by atoms with Crippen molar-refractivity contribution in [1.82, 2.24) is 10.3 Å². The molecule has 0 saturated carbocycles. The van der Waals surface area contributed by atoms with E-state index in [4.69, 9.17) is 9.47 Å². The molecule has 1 unspecified atom stereocenters. The maximum Gasteiger partial charge on any atom is 0.326 e. The van der Waals surface area contributed by atoms with E-state index >= 15 is 0 Å². The van der Waals surface area contributed by atoms with Crippen LogP contribution in [0.2, 0.25) is 0 Å². The van der Waals surface area contributed by atoms with Crippen LogP contribution in [0.25, 0.3) is 10.6 Å². The Balaban J connectivity index is 1.62. The van der Waals surface area contributed by atoms with E-state index in [9.17, 15) is 14.7 Å². The minimum atomic E-state index is -1.01. The highest BCUT2D eigenvalue weighted by Crippen LogP contribution is 2.36. The van der Waals surface area contributed by atoms with Crippen LogP contribution in [0.15, 0.2) is 23.6 Å². The number of carbonyl (C=O) groups excluding carboxylic acids is 1. The Kier molecular flexibility index (Phi) is 5.72. The fourth-order valence-corrected chi connectivity index (χ4v) is 3.44. The zero-order chi connectivity index (χ0) is 18.5. The van der Waals surface area contributed by atoms with Crippen molar-refractivity contribution >= 4 is 23.2 Å². The van der Waals surface area contributed by atoms with Crippen LogP contribution in [0.4, 0.5) is 0 Å². The van der Waals surface area contributed by atoms with Crippen LogP contribution in [0.1, 0.15) is 31.9 Å². The van der Waals surface area contributed by atoms with Gasteiger partial charge in [-0.1, -0.05) is 19.8 Å². The summed E-state index contributed by atoms with van der Waals surface area (Å²) < 4.78 is 10.7. The third-order valence-corrected chi connectivity index (χ3v) is 4.93. The number of carboxylic acids is 1. The summed E-state index contributed by atoms with van der Waals surface area (Å²) in [4.78, 5) is 27.8. The SMILES string of the molecule is CCCCC(NC(=O)Cc1csc(-c2ccc3c(c2)OCO3)n1)C(=O)O. The first-order chi connectivity index (χ1) is 12.6. The molecule has 1 aliphatic heterocycles. The van der Waals surface area contributed by atoms with Crippen molar-refractivity contribution < 1.29 is 24.2 Å². The van der Waals surface area contributed by atoms with Gasteiger partial charge in [0.15, 0.2) is 11.5 Å². The van der Waals surface area contributed by atoms with Gasteiger partial charge in [0.1, 0.15) is 11.0 Å². The van der Waals surface area contributed by atoms with Gasteiger partial charge in [-0.15, -0.1) is 11.3 Å². The lowest BCUT2D eigenvalue weighted by Gasteiger charge is -2.13. The second-order valence-corrected chi connectivity index (χ2v) is 6.85. The number of hydrogen-bond acceptors (Lipinski definition) is 6. The predicted molar refractivity (Wildman–Crippen MR) is 96.5 cm³/mol. The molecule has 0 bridgehead atoms. The van der Waals surface area contributed by atoms with E-state index in [1.165, 1.54) is 11.3 Å². The quantitative estimate of drug-likeness (QED) is 0.735. The molecular weight excluding hydrogens is 356 g/mol. The summed E-state index contributed by atoms with van der Waals surface area (Å²) >= 11 is 1.43. The van der Waals surface area contributed by atoms with E-state index in [0.29, 0.717) is 23.6 Å². The Morgan fingerprint density at radius 2 is 2.15 bits per heavy atom. The number of aromatic nitrogens is 1. The van der Waals surface area contributed by atoms with Crippen molar-refractivity contribution in [3.63, 3.8) is 0 Å². The standard InChI is InChI=1S/C18H20N2O5S/c1-2-3-4-13(18(22)23)20-16(21)8-12-9-26-17(19-12)11-5-6-14-15(7-11)25-10-24-14/h5-7,9,13H,2-4,8,10H2,1H3,(H,20,21)(H,22,23). The molecule has 2 aromatic rings. The number of hydrogen-bond donors (Lipinski definition) is 2. The van der Waals surface area contributed by atoms with E-state index in [2.05, 4.69) is 10.3 Å². The van der Waals surface area contributed by atoms with E-state index in [1.54, 1.807) is 5.38 Å². The van der Waals surface area contributed by atoms with Crippen LogP contribution in [-0.4, -0.2) is 34.8 Å². The van der Waals surface area contributed by atoms with Crippen molar-refractivity contribution in [3.8, 4) is 22.1 Å². The molecule has 1 atom stereocenters. The van der Waals surface area contributed by atoms with Crippen LogP contribution < -0.4 is 14.8 Å². The van der Waals surface area contributed by atoms with E-state index in [1.807, 2.05) is 25.1 Å². The van der Waals surface area contributed by atoms with Crippen LogP contribution in [0.3, 0.4) is 0 Å². The first-order valence-electron chi connectivity index (χ1n) is 8.43. The van der Waals surface area contributed by atoms with Gasteiger partial charge in [0.05, 0.1) is 12.1 Å². The topological polar surface area (TPSA) is 97.8 Å². The van der Waals surface area contributed by atoms with Gasteiger partial charge < -0.3 is 19.9 Å². The molecule has 1 aromatic heterocycles. The molecule has 2 N–H and O–H groups in total. The molecule has 1 amide bonds. The lowest BCUT2D eigenvalue weighted by Crippen LogP contribution is -2.41. The molecule has 8 heteroatoms. The second kappa shape index (κ2) is 8.18. The smallest absolute Gasteiger partial charge is 0.326 e. The lowest BCUT2D eigenvalue weighted by atomic mass is 10.1. The molecule has 26 heavy (non-hydrogen) atoms. The van der Waals surface area contributed by atoms with E-state index in [0.717, 1.165) is 23.4 Å². The normalized spacial score (nSPS) is 13.4. The third kappa shape index (κ3) is 4.32. The summed E-state index contributed by atoms with van der Waals surface area (Å²) in [6, 6.07) is 4.73. The van der Waals surface area contributed by atoms with Crippen molar-refractivity contribution in [3.05, 3.63) is 29.3 Å². The first-order valence-corrected chi connectivity index (χ1v) is 9.31. The molecule has 0 radical (unpaired) electrons. The molecule has 1 aliphatic rings. The average Bonchev–Trinajstić information content (AvgIpc) is 3.26. The predicted octanol–water partition coefficient (Wildman–Crippen LogP) is 2.84. The van der Waals surface area contributed by atoms with Gasteiger partial charge in [-0.05, 0) is 24.6 Å². The maximum atomic E-state index is 12.1. The van der Waals surface area contributed by atoms with Gasteiger partial charge in [0.2, 0.25) is 12.7 Å². The Labute approximate surface area is 155 Å². The number of fused-ring (bicyclic) bond motifs is 1. The number of carboxylic acid groups (broad SMARTS) is 1. The van der Waals surface area contributed by atoms with E-state index < -0.39 is 12.0 Å². The minimum absolute atomic E-state index is 0.0525. The number of amides is 1. The largest absolute Gasteiger partial charge is 0.480 e. The van der Waals surface area contributed by atoms with Crippen molar-refractivity contribution in [2.24, 2.45) is 0 Å². The molecule has 1 aromatic carbocycles. The second-order valence-electron chi connectivity index (χ2n) is 5.99. The molecule has 0 fully saturated rings. The van der Waals surface area contributed by atoms with Gasteiger partial charge in [0, 0.05) is 10.9 Å². The van der Waals surface area contributed by atoms with Crippen LogP contribution in [-0.2, 0) is 16.0 Å². The Hall–Kier alpha value is -2.61. The number of thiazole rings is 1. The van der Waals surface area contributed by atoms with Gasteiger partial charge in [0.25, 0.3) is 0 Å². The van der Waals surface area contributed by atoms with Gasteiger partial charge in [-0.2, -0.15) is 0 Å². The van der Waals surface area contributed by atoms with Crippen LogP contribution in [0.5, 0.6) is 11.5 Å². The van der Waals surface area contributed by atoms with Gasteiger partial charge in [-0.3, -0.25) is 4.79 Å². The zero-order valence-electron chi connectivity index (χ0n) is 14.4. The molecule has 138 valence electrons. The Morgan fingerprint density at radius 3 is 2.92 bits per heavy atom. The number of nitrogens with one attached hydrogen (secondary N) is 1. The average molecular weight is 376 g/mol. The third-order valence-electron chi connectivity index (χ3n) is 3.99. The monoisotopic (exact) mass is 376 g/mol. The highest BCUT2D eigenvalue weighted by atomic mass is 32.1. The maximum absolute atomic E-state index is 12.1. The number of rotatable bonds is 8. The molecular formula is C18H20N2O5S. The number of carbonyl (C=O) groups is 2. The van der Waals surface area contributed by atoms with Crippen LogP contribution >= 0.6 is 11.3 Å². The highest BCUT2D eigenvalue weighted by Gasteiger charge is 2.20. The highest BCUT2D eigenvalue weighted by molar-refractivity contribution is 7.13. The molecule has 2 heterocycles. The summed E-state index contributed by atoms with van der Waals surface area (Å²) in [5.41, 5.74) is 1.50. The molecule has 7 nitrogen and oxygen atoms in total. The number of ether oxygens (including phenoxy) is 2. The fraction of sp³-hybridized carbons (Fsp3) is 0.389. The van der Waals surface area contributed by atoms with Crippen LogP contribution in [0, 0.1) is 0 Å². The number of benzene rings is 1. The summed E-state index contributed by atoms with van der Waals surface area (Å²) in [5, 5.41) is 14.3. The van der Waals surface area contributed by atoms with Gasteiger partial charge >= 0.3 is 5.97 Å². The molecule has 3 rings (SSSR count). The van der Waals surface area contributed by atoms with Crippen molar-refractivity contribution in [1.29, 1.82) is 0 Å². The van der Waals surface area contributed by atoms with Crippen molar-refractivity contribution in [2.45, 2.75) is 38.6 Å². The van der Waals surface area contributed by atoms with Gasteiger partial charge in [-0.25, -0.2) is 9.78 Å². The van der Waals surface area contributed by atoms with Crippen molar-refractivity contribution in [2.75, 3.05) is 6.79 Å². The summed E-state index contributed by atoms with van der Waals surface area (Å²) in [6.45, 7) is 2.19.